The van der Waals surface area contributed by atoms with Crippen LogP contribution >= 0.6 is 0 Å². The Labute approximate surface area is 125 Å². The Morgan fingerprint density at radius 1 is 1.14 bits per heavy atom. The Morgan fingerprint density at radius 2 is 1.71 bits per heavy atom. The van der Waals surface area contributed by atoms with Crippen molar-refractivity contribution in [3.63, 3.8) is 0 Å². The van der Waals surface area contributed by atoms with Crippen molar-refractivity contribution in [1.29, 1.82) is 0 Å². The third kappa shape index (κ3) is 4.31. The van der Waals surface area contributed by atoms with Crippen molar-refractivity contribution in [2.75, 3.05) is 13.1 Å². The fourth-order valence-electron chi connectivity index (χ4n) is 3.00. The predicted octanol–water partition coefficient (Wildman–Crippen LogP) is 2.56. The molecule has 1 heterocycles. The molecule has 4 heteroatoms. The fraction of sp³-hybridized carbons (Fsp3) is 0.529. The molecule has 0 radical (unpaired) electrons. The Morgan fingerprint density at radius 3 is 2.24 bits per heavy atom. The summed E-state index contributed by atoms with van der Waals surface area (Å²) in [6.45, 7) is 5.27. The second kappa shape index (κ2) is 6.74. The standard InChI is InChI=1S/C17H23NO3/c1-12-9-13(2)11-14(10-12)3-4-16(19)18-7-5-15(6-8-18)17(20)21/h9-11,15H,3-8H2,1-2H3,(H,20,21). The molecule has 0 unspecified atom stereocenters. The van der Waals surface area contributed by atoms with Gasteiger partial charge in [-0.05, 0) is 38.7 Å². The van der Waals surface area contributed by atoms with Crippen LogP contribution in [0.15, 0.2) is 18.2 Å². The van der Waals surface area contributed by atoms with Crippen molar-refractivity contribution < 1.29 is 14.7 Å². The summed E-state index contributed by atoms with van der Waals surface area (Å²) in [6.07, 6.45) is 2.40. The average Bonchev–Trinajstić information content (AvgIpc) is 2.44. The molecule has 0 spiro atoms. The minimum absolute atomic E-state index is 0.137. The summed E-state index contributed by atoms with van der Waals surface area (Å²) >= 11 is 0. The zero-order valence-electron chi connectivity index (χ0n) is 12.8. The monoisotopic (exact) mass is 289 g/mol. The van der Waals surface area contributed by atoms with Gasteiger partial charge in [-0.3, -0.25) is 9.59 Å². The molecule has 0 atom stereocenters. The number of likely N-dealkylation sites (tertiary alicyclic amines) is 1. The van der Waals surface area contributed by atoms with E-state index in [2.05, 4.69) is 32.0 Å². The molecule has 0 aromatic heterocycles. The third-order valence-corrected chi connectivity index (χ3v) is 4.11. The zero-order valence-corrected chi connectivity index (χ0v) is 12.8. The Balaban J connectivity index is 1.84. The summed E-state index contributed by atoms with van der Waals surface area (Å²) in [4.78, 5) is 24.9. The maximum atomic E-state index is 12.2. The lowest BCUT2D eigenvalue weighted by atomic mass is 9.96. The Hall–Kier alpha value is -1.84. The number of carboxylic acids is 1. The van der Waals surface area contributed by atoms with Gasteiger partial charge in [0.05, 0.1) is 5.92 Å². The summed E-state index contributed by atoms with van der Waals surface area (Å²) in [6, 6.07) is 6.37. The first-order valence-corrected chi connectivity index (χ1v) is 7.53. The summed E-state index contributed by atoms with van der Waals surface area (Å²) in [7, 11) is 0. The zero-order chi connectivity index (χ0) is 15.4. The van der Waals surface area contributed by atoms with Crippen LogP contribution in [0.5, 0.6) is 0 Å². The van der Waals surface area contributed by atoms with Crippen molar-refractivity contribution in [2.24, 2.45) is 5.92 Å². The average molecular weight is 289 g/mol. The summed E-state index contributed by atoms with van der Waals surface area (Å²) in [5.74, 6) is -0.885. The van der Waals surface area contributed by atoms with Crippen LogP contribution in [-0.4, -0.2) is 35.0 Å². The first-order chi connectivity index (χ1) is 9.95. The lowest BCUT2D eigenvalue weighted by molar-refractivity contribution is -0.145. The number of carbonyl (C=O) groups is 2. The molecule has 1 N–H and O–H groups in total. The molecule has 21 heavy (non-hydrogen) atoms. The Bertz CT molecular complexity index is 511. The van der Waals surface area contributed by atoms with E-state index >= 15 is 0 Å². The highest BCUT2D eigenvalue weighted by atomic mass is 16.4. The van der Waals surface area contributed by atoms with Crippen molar-refractivity contribution >= 4 is 11.9 Å². The van der Waals surface area contributed by atoms with Crippen LogP contribution in [0.4, 0.5) is 0 Å². The van der Waals surface area contributed by atoms with Crippen LogP contribution in [-0.2, 0) is 16.0 Å². The van der Waals surface area contributed by atoms with Gasteiger partial charge in [0, 0.05) is 19.5 Å². The van der Waals surface area contributed by atoms with Crippen LogP contribution in [0.3, 0.4) is 0 Å². The van der Waals surface area contributed by atoms with E-state index in [-0.39, 0.29) is 11.8 Å². The van der Waals surface area contributed by atoms with E-state index in [0.717, 1.165) is 6.42 Å². The number of rotatable bonds is 4. The highest BCUT2D eigenvalue weighted by Crippen LogP contribution is 2.18. The number of hydrogen-bond donors (Lipinski definition) is 1. The smallest absolute Gasteiger partial charge is 0.306 e. The molecular formula is C17H23NO3. The normalized spacial score (nSPS) is 16.0. The largest absolute Gasteiger partial charge is 0.481 e. The number of carboxylic acid groups (broad SMARTS) is 1. The first-order valence-electron chi connectivity index (χ1n) is 7.53. The van der Waals surface area contributed by atoms with Gasteiger partial charge in [0.1, 0.15) is 0 Å². The number of carbonyl (C=O) groups excluding carboxylic acids is 1. The molecule has 1 saturated heterocycles. The second-order valence-electron chi connectivity index (χ2n) is 5.99. The number of amides is 1. The maximum absolute atomic E-state index is 12.2. The second-order valence-corrected chi connectivity index (χ2v) is 5.99. The first kappa shape index (κ1) is 15.5. The van der Waals surface area contributed by atoms with Crippen LogP contribution in [0.2, 0.25) is 0 Å². The molecule has 114 valence electrons. The van der Waals surface area contributed by atoms with Gasteiger partial charge in [-0.25, -0.2) is 0 Å². The van der Waals surface area contributed by atoms with Crippen molar-refractivity contribution in [3.05, 3.63) is 34.9 Å². The van der Waals surface area contributed by atoms with Gasteiger partial charge >= 0.3 is 5.97 Å². The van der Waals surface area contributed by atoms with Gasteiger partial charge in [-0.1, -0.05) is 29.3 Å². The van der Waals surface area contributed by atoms with Crippen LogP contribution in [0.25, 0.3) is 0 Å². The third-order valence-electron chi connectivity index (χ3n) is 4.11. The van der Waals surface area contributed by atoms with E-state index in [1.807, 2.05) is 4.90 Å². The molecule has 1 aliphatic heterocycles. The van der Waals surface area contributed by atoms with E-state index in [4.69, 9.17) is 5.11 Å². The fourth-order valence-corrected chi connectivity index (χ4v) is 3.00. The van der Waals surface area contributed by atoms with Gasteiger partial charge in [-0.2, -0.15) is 0 Å². The molecule has 1 fully saturated rings. The molecule has 0 aliphatic carbocycles. The summed E-state index contributed by atoms with van der Waals surface area (Å²) in [5, 5.41) is 8.96. The summed E-state index contributed by atoms with van der Waals surface area (Å²) < 4.78 is 0. The SMILES string of the molecule is Cc1cc(C)cc(CCC(=O)N2CCC(C(=O)O)CC2)c1. The maximum Gasteiger partial charge on any atom is 0.306 e. The van der Waals surface area contributed by atoms with Crippen molar-refractivity contribution in [3.8, 4) is 0 Å². The number of aliphatic carboxylic acids is 1. The minimum atomic E-state index is -0.739. The van der Waals surface area contributed by atoms with Crippen molar-refractivity contribution in [2.45, 2.75) is 39.5 Å². The molecule has 0 bridgehead atoms. The number of benzene rings is 1. The van der Waals surface area contributed by atoms with Crippen molar-refractivity contribution in [1.82, 2.24) is 4.90 Å². The van der Waals surface area contributed by atoms with Gasteiger partial charge in [0.2, 0.25) is 5.91 Å². The van der Waals surface area contributed by atoms with E-state index < -0.39 is 5.97 Å². The quantitative estimate of drug-likeness (QED) is 0.926. The van der Waals surface area contributed by atoms with E-state index in [0.29, 0.717) is 32.4 Å². The summed E-state index contributed by atoms with van der Waals surface area (Å²) in [5.41, 5.74) is 3.64. The van der Waals surface area contributed by atoms with E-state index in [9.17, 15) is 9.59 Å². The highest BCUT2D eigenvalue weighted by Gasteiger charge is 2.26. The molecule has 4 nitrogen and oxygen atoms in total. The van der Waals surface area contributed by atoms with E-state index in [1.54, 1.807) is 0 Å². The van der Waals surface area contributed by atoms with E-state index in [1.165, 1.54) is 16.7 Å². The number of piperidine rings is 1. The predicted molar refractivity (Wildman–Crippen MR) is 81.2 cm³/mol. The number of aryl methyl sites for hydroxylation is 3. The molecule has 1 amide bonds. The highest BCUT2D eigenvalue weighted by molar-refractivity contribution is 5.77. The van der Waals surface area contributed by atoms with Crippen LogP contribution < -0.4 is 0 Å². The van der Waals surface area contributed by atoms with Gasteiger partial charge in [-0.15, -0.1) is 0 Å². The molecule has 0 saturated carbocycles. The molecular weight excluding hydrogens is 266 g/mol. The lowest BCUT2D eigenvalue weighted by Gasteiger charge is -2.30. The van der Waals surface area contributed by atoms with Gasteiger partial charge < -0.3 is 10.0 Å². The number of hydrogen-bond acceptors (Lipinski definition) is 2. The lowest BCUT2D eigenvalue weighted by Crippen LogP contribution is -2.40. The molecule has 1 aromatic carbocycles. The van der Waals surface area contributed by atoms with Crippen LogP contribution in [0, 0.1) is 19.8 Å². The number of nitrogens with zero attached hydrogens (tertiary/aromatic N) is 1. The van der Waals surface area contributed by atoms with Gasteiger partial charge in [0.25, 0.3) is 0 Å². The minimum Gasteiger partial charge on any atom is -0.481 e. The Kier molecular flexibility index (Phi) is 4.99. The molecule has 1 aromatic rings. The van der Waals surface area contributed by atoms with Crippen LogP contribution in [0.1, 0.15) is 36.0 Å². The molecule has 1 aliphatic rings. The van der Waals surface area contributed by atoms with Gasteiger partial charge in [0.15, 0.2) is 0 Å². The molecule has 2 rings (SSSR count). The topological polar surface area (TPSA) is 57.6 Å².